The first kappa shape index (κ1) is 16.0. The molecule has 2 aliphatic rings. The maximum atomic E-state index is 13.7. The molecule has 4 rings (SSSR count). The number of nitrogens with zero attached hydrogens (tertiary/aromatic N) is 2. The number of fused-ring (bicyclic) bond motifs is 1. The van der Waals surface area contributed by atoms with Crippen molar-refractivity contribution in [3.8, 4) is 0 Å². The molecular weight excluding hydrogens is 323 g/mol. The molecule has 25 heavy (non-hydrogen) atoms. The van der Waals surface area contributed by atoms with Gasteiger partial charge in [-0.2, -0.15) is 0 Å². The summed E-state index contributed by atoms with van der Waals surface area (Å²) < 4.78 is 19.1. The molecule has 0 radical (unpaired) electrons. The Hall–Kier alpha value is -2.47. The highest BCUT2D eigenvalue weighted by atomic mass is 19.1. The standard InChI is InChI=1S/C19H19FN2O3/c1-19(2)14-6-7-21-17(16(14)18(24)25-19)22-10-13(23)9-15(22)11-4-3-5-12(20)8-11/h3-8,13,15,23H,9-10H2,1-2H3/t13-,15+/m0/s1. The van der Waals surface area contributed by atoms with E-state index < -0.39 is 17.7 Å². The maximum absolute atomic E-state index is 13.7. The molecule has 1 fully saturated rings. The van der Waals surface area contributed by atoms with E-state index in [4.69, 9.17) is 4.74 Å². The molecule has 0 spiro atoms. The van der Waals surface area contributed by atoms with Gasteiger partial charge in [0.2, 0.25) is 0 Å². The summed E-state index contributed by atoms with van der Waals surface area (Å²) in [5.41, 5.74) is 1.25. The Bertz CT molecular complexity index is 852. The first-order valence-corrected chi connectivity index (χ1v) is 8.30. The van der Waals surface area contributed by atoms with E-state index in [1.807, 2.05) is 24.8 Å². The van der Waals surface area contributed by atoms with Gasteiger partial charge in [0.05, 0.1) is 12.1 Å². The molecule has 0 aliphatic carbocycles. The zero-order chi connectivity index (χ0) is 17.8. The fourth-order valence-electron chi connectivity index (χ4n) is 3.79. The van der Waals surface area contributed by atoms with Crippen molar-refractivity contribution in [3.05, 3.63) is 59.0 Å². The Morgan fingerprint density at radius 3 is 2.92 bits per heavy atom. The van der Waals surface area contributed by atoms with Crippen molar-refractivity contribution in [1.82, 2.24) is 4.98 Å². The number of hydrogen-bond donors (Lipinski definition) is 1. The number of cyclic esters (lactones) is 1. The highest BCUT2D eigenvalue weighted by molar-refractivity contribution is 5.99. The summed E-state index contributed by atoms with van der Waals surface area (Å²) in [6.07, 6.45) is 1.52. The van der Waals surface area contributed by atoms with E-state index in [2.05, 4.69) is 4.98 Å². The van der Waals surface area contributed by atoms with Crippen molar-refractivity contribution in [2.75, 3.05) is 11.4 Å². The Kier molecular flexibility index (Phi) is 3.54. The third-order valence-corrected chi connectivity index (χ3v) is 4.92. The Balaban J connectivity index is 1.82. The van der Waals surface area contributed by atoms with Gasteiger partial charge < -0.3 is 14.7 Å². The number of carbonyl (C=O) groups excluding carboxylic acids is 1. The van der Waals surface area contributed by atoms with Crippen molar-refractivity contribution in [3.63, 3.8) is 0 Å². The van der Waals surface area contributed by atoms with Gasteiger partial charge in [-0.25, -0.2) is 14.2 Å². The van der Waals surface area contributed by atoms with Crippen LogP contribution in [0.1, 0.15) is 47.8 Å². The minimum Gasteiger partial charge on any atom is -0.451 e. The van der Waals surface area contributed by atoms with Crippen molar-refractivity contribution < 1.29 is 19.0 Å². The molecule has 130 valence electrons. The third kappa shape index (κ3) is 2.57. The summed E-state index contributed by atoms with van der Waals surface area (Å²) in [6.45, 7) is 4.01. The highest BCUT2D eigenvalue weighted by Crippen LogP contribution is 2.43. The second kappa shape index (κ2) is 5.52. The van der Waals surface area contributed by atoms with E-state index >= 15 is 0 Å². The van der Waals surface area contributed by atoms with Crippen molar-refractivity contribution in [2.24, 2.45) is 0 Å². The number of ether oxygens (including phenoxy) is 1. The monoisotopic (exact) mass is 342 g/mol. The smallest absolute Gasteiger partial charge is 0.343 e. The zero-order valence-electron chi connectivity index (χ0n) is 14.1. The van der Waals surface area contributed by atoms with Crippen LogP contribution >= 0.6 is 0 Å². The molecule has 0 saturated carbocycles. The number of hydrogen-bond acceptors (Lipinski definition) is 5. The first-order chi connectivity index (χ1) is 11.9. The lowest BCUT2D eigenvalue weighted by atomic mass is 9.96. The molecule has 2 atom stereocenters. The molecule has 1 aromatic carbocycles. The van der Waals surface area contributed by atoms with Crippen LogP contribution in [0.15, 0.2) is 36.5 Å². The highest BCUT2D eigenvalue weighted by Gasteiger charge is 2.43. The number of anilines is 1. The van der Waals surface area contributed by atoms with Crippen LogP contribution in [-0.4, -0.2) is 28.7 Å². The number of β-amino-alcohol motifs (C(OH)–C–C–N with tert-alkyl or cyclic N) is 1. The second-order valence-electron chi connectivity index (χ2n) is 7.07. The van der Waals surface area contributed by atoms with Crippen LogP contribution in [0.25, 0.3) is 0 Å². The molecule has 1 aromatic heterocycles. The molecule has 1 N–H and O–H groups in total. The fourth-order valence-corrected chi connectivity index (χ4v) is 3.79. The molecule has 2 aromatic rings. The molecule has 0 bridgehead atoms. The van der Waals surface area contributed by atoms with E-state index in [1.165, 1.54) is 12.1 Å². The molecule has 5 nitrogen and oxygen atoms in total. The van der Waals surface area contributed by atoms with Gasteiger partial charge in [0.15, 0.2) is 0 Å². The fraction of sp³-hybridized carbons (Fsp3) is 0.368. The predicted molar refractivity (Wildman–Crippen MR) is 89.8 cm³/mol. The summed E-state index contributed by atoms with van der Waals surface area (Å²) in [5, 5.41) is 10.2. The Labute approximate surface area is 145 Å². The van der Waals surface area contributed by atoms with Gasteiger partial charge in [0.25, 0.3) is 0 Å². The number of halogens is 1. The van der Waals surface area contributed by atoms with Gasteiger partial charge in [0.1, 0.15) is 22.8 Å². The molecular formula is C19H19FN2O3. The van der Waals surface area contributed by atoms with Crippen LogP contribution in [0, 0.1) is 5.82 Å². The molecule has 0 unspecified atom stereocenters. The van der Waals surface area contributed by atoms with Crippen molar-refractivity contribution >= 4 is 11.8 Å². The summed E-state index contributed by atoms with van der Waals surface area (Å²) >= 11 is 0. The molecule has 6 heteroatoms. The summed E-state index contributed by atoms with van der Waals surface area (Å²) in [5.74, 6) is -0.257. The minimum absolute atomic E-state index is 0.249. The third-order valence-electron chi connectivity index (χ3n) is 4.92. The van der Waals surface area contributed by atoms with Gasteiger partial charge in [-0.15, -0.1) is 0 Å². The second-order valence-corrected chi connectivity index (χ2v) is 7.07. The van der Waals surface area contributed by atoms with E-state index in [-0.39, 0.29) is 11.9 Å². The number of rotatable bonds is 2. The van der Waals surface area contributed by atoms with E-state index in [9.17, 15) is 14.3 Å². The van der Waals surface area contributed by atoms with Crippen LogP contribution in [0.5, 0.6) is 0 Å². The van der Waals surface area contributed by atoms with Gasteiger partial charge in [-0.3, -0.25) is 0 Å². The van der Waals surface area contributed by atoms with Crippen LogP contribution < -0.4 is 4.90 Å². The van der Waals surface area contributed by atoms with Crippen LogP contribution in [0.4, 0.5) is 10.2 Å². The number of benzene rings is 1. The van der Waals surface area contributed by atoms with E-state index in [0.29, 0.717) is 24.3 Å². The first-order valence-electron chi connectivity index (χ1n) is 8.30. The van der Waals surface area contributed by atoms with E-state index in [1.54, 1.807) is 18.3 Å². The lowest BCUT2D eigenvalue weighted by Crippen LogP contribution is -2.27. The van der Waals surface area contributed by atoms with Crippen LogP contribution in [-0.2, 0) is 10.3 Å². The zero-order valence-corrected chi connectivity index (χ0v) is 14.1. The van der Waals surface area contributed by atoms with Gasteiger partial charge >= 0.3 is 5.97 Å². The van der Waals surface area contributed by atoms with E-state index in [0.717, 1.165) is 11.1 Å². The topological polar surface area (TPSA) is 62.7 Å². The number of aliphatic hydroxyl groups excluding tert-OH is 1. The Morgan fingerprint density at radius 2 is 2.16 bits per heavy atom. The number of pyridine rings is 1. The number of aliphatic hydroxyl groups is 1. The minimum atomic E-state index is -0.712. The normalized spacial score (nSPS) is 24.3. The SMILES string of the molecule is CC1(C)OC(=O)c2c1ccnc2N1C[C@@H](O)C[C@@H]1c1cccc(F)c1. The molecule has 1 saturated heterocycles. The largest absolute Gasteiger partial charge is 0.451 e. The molecule has 2 aliphatic heterocycles. The van der Waals surface area contributed by atoms with Gasteiger partial charge in [0, 0.05) is 18.3 Å². The average molecular weight is 342 g/mol. The number of aromatic nitrogens is 1. The Morgan fingerprint density at radius 1 is 1.36 bits per heavy atom. The maximum Gasteiger partial charge on any atom is 0.343 e. The summed E-state index contributed by atoms with van der Waals surface area (Å²) in [4.78, 5) is 18.7. The quantitative estimate of drug-likeness (QED) is 0.850. The molecule has 3 heterocycles. The van der Waals surface area contributed by atoms with Crippen molar-refractivity contribution in [1.29, 1.82) is 0 Å². The predicted octanol–water partition coefficient (Wildman–Crippen LogP) is 2.94. The number of carbonyl (C=O) groups is 1. The number of esters is 1. The van der Waals surface area contributed by atoms with Gasteiger partial charge in [-0.1, -0.05) is 12.1 Å². The van der Waals surface area contributed by atoms with Crippen LogP contribution in [0.2, 0.25) is 0 Å². The summed E-state index contributed by atoms with van der Waals surface area (Å²) in [6, 6.07) is 7.85. The lowest BCUT2D eigenvalue weighted by Gasteiger charge is -2.27. The average Bonchev–Trinajstić information content (AvgIpc) is 3.05. The lowest BCUT2D eigenvalue weighted by molar-refractivity contribution is 0.00956. The van der Waals surface area contributed by atoms with Gasteiger partial charge in [-0.05, 0) is 44.0 Å². The summed E-state index contributed by atoms with van der Waals surface area (Å²) in [7, 11) is 0. The van der Waals surface area contributed by atoms with Crippen LogP contribution in [0.3, 0.4) is 0 Å². The van der Waals surface area contributed by atoms with Crippen molar-refractivity contribution in [2.45, 2.75) is 38.0 Å². The molecule has 0 amide bonds.